The van der Waals surface area contributed by atoms with Gasteiger partial charge in [-0.25, -0.2) is 4.98 Å². The van der Waals surface area contributed by atoms with Crippen molar-refractivity contribution in [1.29, 1.82) is 0 Å². The van der Waals surface area contributed by atoms with E-state index in [0.717, 1.165) is 32.6 Å². The Labute approximate surface area is 231 Å². The van der Waals surface area contributed by atoms with Crippen LogP contribution in [0.2, 0.25) is 0 Å². The molecule has 0 unspecified atom stereocenters. The van der Waals surface area contributed by atoms with Gasteiger partial charge in [0.15, 0.2) is 0 Å². The van der Waals surface area contributed by atoms with Crippen LogP contribution in [0.3, 0.4) is 0 Å². The number of carbonyl (C=O) groups is 2. The summed E-state index contributed by atoms with van der Waals surface area (Å²) in [7, 11) is 0. The number of fused-ring (bicyclic) bond motifs is 2. The third kappa shape index (κ3) is 6.23. The van der Waals surface area contributed by atoms with Gasteiger partial charge in [-0.15, -0.1) is 11.3 Å². The number of amides is 2. The minimum absolute atomic E-state index is 0.132. The summed E-state index contributed by atoms with van der Waals surface area (Å²) in [5, 5.41) is 7.91. The van der Waals surface area contributed by atoms with Gasteiger partial charge in [0.2, 0.25) is 5.91 Å². The highest BCUT2D eigenvalue weighted by atomic mass is 32.1. The van der Waals surface area contributed by atoms with Crippen molar-refractivity contribution in [3.05, 3.63) is 88.3 Å². The summed E-state index contributed by atoms with van der Waals surface area (Å²) in [6, 6.07) is 14.1. The van der Waals surface area contributed by atoms with Gasteiger partial charge in [-0.05, 0) is 53.9 Å². The van der Waals surface area contributed by atoms with E-state index < -0.39 is 6.04 Å². The molecule has 2 aromatic carbocycles. The molecule has 0 fully saturated rings. The monoisotopic (exact) mass is 543 g/mol. The number of hydrogen-bond acceptors (Lipinski definition) is 6. The molecule has 1 atom stereocenters. The van der Waals surface area contributed by atoms with Crippen LogP contribution in [-0.4, -0.2) is 34.3 Å². The second-order valence-corrected chi connectivity index (χ2v) is 11.5. The summed E-state index contributed by atoms with van der Waals surface area (Å²) in [5.74, 6) is 0.142. The molecule has 3 heterocycles. The van der Waals surface area contributed by atoms with E-state index in [1.54, 1.807) is 42.1 Å². The number of aromatic nitrogens is 1. The fourth-order valence-corrected chi connectivity index (χ4v) is 5.50. The molecule has 5 rings (SSSR count). The molecule has 202 valence electrons. The molecule has 0 spiro atoms. The van der Waals surface area contributed by atoms with E-state index in [0.29, 0.717) is 36.6 Å². The smallest absolute Gasteiger partial charge is 0.251 e. The maximum atomic E-state index is 14.1. The molecule has 0 aliphatic rings. The zero-order valence-corrected chi connectivity index (χ0v) is 23.5. The average molecular weight is 544 g/mol. The van der Waals surface area contributed by atoms with Crippen molar-refractivity contribution in [3.63, 3.8) is 0 Å². The van der Waals surface area contributed by atoms with Crippen LogP contribution < -0.4 is 5.32 Å². The van der Waals surface area contributed by atoms with Crippen LogP contribution in [0.25, 0.3) is 21.9 Å². The van der Waals surface area contributed by atoms with Crippen LogP contribution in [0.15, 0.2) is 75.3 Å². The SMILES string of the molecule is CC(C)CN(Cc1csc(C(C)C)n1)C(=O)[C@@H](Cc1ccc2occc2c1)NC(=O)c1ccc2occc2c1. The zero-order valence-electron chi connectivity index (χ0n) is 22.6. The molecular weight excluding hydrogens is 510 g/mol. The molecule has 1 N–H and O–H groups in total. The first-order valence-electron chi connectivity index (χ1n) is 13.2. The highest BCUT2D eigenvalue weighted by molar-refractivity contribution is 7.09. The average Bonchev–Trinajstić information content (AvgIpc) is 3.67. The summed E-state index contributed by atoms with van der Waals surface area (Å²) >= 11 is 1.62. The fourth-order valence-electron chi connectivity index (χ4n) is 4.68. The molecule has 0 aliphatic heterocycles. The van der Waals surface area contributed by atoms with Crippen LogP contribution >= 0.6 is 11.3 Å². The molecule has 2 amide bonds. The van der Waals surface area contributed by atoms with Gasteiger partial charge < -0.3 is 19.1 Å². The Hall–Kier alpha value is -3.91. The van der Waals surface area contributed by atoms with Crippen molar-refractivity contribution in [1.82, 2.24) is 15.2 Å². The zero-order chi connectivity index (χ0) is 27.5. The van der Waals surface area contributed by atoms with Gasteiger partial charge in [0, 0.05) is 40.6 Å². The number of benzene rings is 2. The van der Waals surface area contributed by atoms with Crippen LogP contribution in [0.1, 0.15) is 60.2 Å². The van der Waals surface area contributed by atoms with Gasteiger partial charge in [-0.3, -0.25) is 9.59 Å². The Morgan fingerprint density at radius 3 is 2.31 bits per heavy atom. The molecule has 3 aromatic heterocycles. The van der Waals surface area contributed by atoms with Crippen LogP contribution in [0.5, 0.6) is 0 Å². The fraction of sp³-hybridized carbons (Fsp3) is 0.323. The standard InChI is InChI=1S/C31H33N3O4S/c1-19(2)16-34(17-25-18-39-30(32-25)20(3)4)31(36)26(14-21-5-7-27-22(13-21)9-11-37-27)33-29(35)24-6-8-28-23(15-24)10-12-38-28/h5-13,15,18-20,26H,14,16-17H2,1-4H3,(H,33,35)/t26-/m1/s1. The lowest BCUT2D eigenvalue weighted by atomic mass is 10.0. The molecule has 0 saturated carbocycles. The second kappa shape index (κ2) is 11.5. The van der Waals surface area contributed by atoms with Gasteiger partial charge in [-0.2, -0.15) is 0 Å². The molecule has 8 heteroatoms. The van der Waals surface area contributed by atoms with E-state index in [1.165, 1.54) is 0 Å². The van der Waals surface area contributed by atoms with E-state index in [9.17, 15) is 9.59 Å². The van der Waals surface area contributed by atoms with Gasteiger partial charge >= 0.3 is 0 Å². The molecule has 39 heavy (non-hydrogen) atoms. The number of rotatable bonds is 10. The predicted molar refractivity (Wildman–Crippen MR) is 154 cm³/mol. The van der Waals surface area contributed by atoms with Crippen LogP contribution in [0, 0.1) is 5.92 Å². The number of thiazole rings is 1. The van der Waals surface area contributed by atoms with Gasteiger partial charge in [0.05, 0.1) is 29.8 Å². The maximum absolute atomic E-state index is 14.1. The number of hydrogen-bond donors (Lipinski definition) is 1. The van der Waals surface area contributed by atoms with E-state index in [1.807, 2.05) is 40.6 Å². The summed E-state index contributed by atoms with van der Waals surface area (Å²) in [5.41, 5.74) is 3.77. The first-order valence-corrected chi connectivity index (χ1v) is 14.1. The van der Waals surface area contributed by atoms with Gasteiger partial charge in [0.25, 0.3) is 5.91 Å². The second-order valence-electron chi connectivity index (χ2n) is 10.6. The van der Waals surface area contributed by atoms with Crippen LogP contribution in [-0.2, 0) is 17.8 Å². The summed E-state index contributed by atoms with van der Waals surface area (Å²) < 4.78 is 10.9. The number of nitrogens with zero attached hydrogens (tertiary/aromatic N) is 2. The minimum Gasteiger partial charge on any atom is -0.464 e. The van der Waals surface area contributed by atoms with Crippen molar-refractivity contribution >= 4 is 45.1 Å². The Morgan fingerprint density at radius 1 is 0.949 bits per heavy atom. The maximum Gasteiger partial charge on any atom is 0.251 e. The van der Waals surface area contributed by atoms with Crippen molar-refractivity contribution in [2.45, 2.75) is 52.6 Å². The summed E-state index contributed by atoms with van der Waals surface area (Å²) in [4.78, 5) is 34.1. The minimum atomic E-state index is -0.760. The van der Waals surface area contributed by atoms with Gasteiger partial charge in [-0.1, -0.05) is 33.8 Å². The van der Waals surface area contributed by atoms with Crippen LogP contribution in [0.4, 0.5) is 0 Å². The Kier molecular flexibility index (Phi) is 7.84. The molecule has 0 radical (unpaired) electrons. The van der Waals surface area contributed by atoms with E-state index in [2.05, 4.69) is 33.0 Å². The van der Waals surface area contributed by atoms with E-state index in [-0.39, 0.29) is 17.7 Å². The number of nitrogens with one attached hydrogen (secondary N) is 1. The molecule has 0 saturated heterocycles. The highest BCUT2D eigenvalue weighted by Crippen LogP contribution is 2.23. The number of furan rings is 2. The molecule has 5 aromatic rings. The molecule has 7 nitrogen and oxygen atoms in total. The first kappa shape index (κ1) is 26.7. The molecule has 0 aliphatic carbocycles. The van der Waals surface area contributed by atoms with Crippen molar-refractivity contribution < 1.29 is 18.4 Å². The molecule has 0 bridgehead atoms. The summed E-state index contributed by atoms with van der Waals surface area (Å²) in [6.45, 7) is 9.35. The Bertz CT molecular complexity index is 1600. The van der Waals surface area contributed by atoms with E-state index in [4.69, 9.17) is 13.8 Å². The third-order valence-corrected chi connectivity index (χ3v) is 7.78. The normalized spacial score (nSPS) is 12.5. The highest BCUT2D eigenvalue weighted by Gasteiger charge is 2.28. The van der Waals surface area contributed by atoms with Crippen molar-refractivity contribution in [2.24, 2.45) is 5.92 Å². The Balaban J connectivity index is 1.43. The molecular formula is C31H33N3O4S. The largest absolute Gasteiger partial charge is 0.464 e. The number of carbonyl (C=O) groups excluding carboxylic acids is 2. The van der Waals surface area contributed by atoms with Crippen molar-refractivity contribution in [3.8, 4) is 0 Å². The van der Waals surface area contributed by atoms with Gasteiger partial charge in [0.1, 0.15) is 17.2 Å². The quantitative estimate of drug-likeness (QED) is 0.210. The lowest BCUT2D eigenvalue weighted by Gasteiger charge is -2.29. The topological polar surface area (TPSA) is 88.6 Å². The van der Waals surface area contributed by atoms with Crippen molar-refractivity contribution in [2.75, 3.05) is 6.54 Å². The lowest BCUT2D eigenvalue weighted by molar-refractivity contribution is -0.134. The Morgan fingerprint density at radius 2 is 1.64 bits per heavy atom. The third-order valence-electron chi connectivity index (χ3n) is 6.59. The predicted octanol–water partition coefficient (Wildman–Crippen LogP) is 6.78. The van der Waals surface area contributed by atoms with E-state index >= 15 is 0 Å². The first-order chi connectivity index (χ1) is 18.8. The lowest BCUT2D eigenvalue weighted by Crippen LogP contribution is -2.50. The summed E-state index contributed by atoms with van der Waals surface area (Å²) in [6.07, 6.45) is 3.59.